The lowest BCUT2D eigenvalue weighted by Gasteiger charge is -2.15. The van der Waals surface area contributed by atoms with Gasteiger partial charge in [0.05, 0.1) is 12.6 Å². The molecule has 1 unspecified atom stereocenters. The van der Waals surface area contributed by atoms with E-state index in [1.165, 1.54) is 0 Å². The Morgan fingerprint density at radius 2 is 2.43 bits per heavy atom. The van der Waals surface area contributed by atoms with Crippen LogP contribution in [0.2, 0.25) is 0 Å². The summed E-state index contributed by atoms with van der Waals surface area (Å²) >= 11 is 0. The Balaban J connectivity index is 2.26. The first-order valence-electron chi connectivity index (χ1n) is 4.78. The van der Waals surface area contributed by atoms with E-state index in [4.69, 9.17) is 10.5 Å². The molecular formula is C11H14N2O. The van der Waals surface area contributed by atoms with Gasteiger partial charge in [-0.15, -0.1) is 0 Å². The van der Waals surface area contributed by atoms with E-state index in [1.807, 2.05) is 19.2 Å². The number of nitrogens with zero attached hydrogens (tertiary/aromatic N) is 1. The Hall–Kier alpha value is -1.35. The van der Waals surface area contributed by atoms with Gasteiger partial charge in [0.25, 0.3) is 0 Å². The highest BCUT2D eigenvalue weighted by molar-refractivity contribution is 5.30. The monoisotopic (exact) mass is 190 g/mol. The van der Waals surface area contributed by atoms with Gasteiger partial charge in [0, 0.05) is 18.8 Å². The number of nitrogens with two attached hydrogens (primary N) is 1. The molecule has 2 heterocycles. The molecule has 2 N–H and O–H groups in total. The number of rotatable bonds is 2. The lowest BCUT2D eigenvalue weighted by atomic mass is 10.0. The molecule has 14 heavy (non-hydrogen) atoms. The Morgan fingerprint density at radius 3 is 3.07 bits per heavy atom. The molecule has 0 saturated carbocycles. The van der Waals surface area contributed by atoms with Gasteiger partial charge in [-0.2, -0.15) is 0 Å². The minimum Gasteiger partial charge on any atom is -0.496 e. The average molecular weight is 190 g/mol. The Bertz CT molecular complexity index is 360. The van der Waals surface area contributed by atoms with Crippen molar-refractivity contribution in [1.82, 2.24) is 4.98 Å². The van der Waals surface area contributed by atoms with Crippen molar-refractivity contribution in [2.75, 3.05) is 6.61 Å². The maximum atomic E-state index is 6.08. The first-order valence-corrected chi connectivity index (χ1v) is 4.78. The fourth-order valence-electron chi connectivity index (χ4n) is 1.64. The molecule has 0 radical (unpaired) electrons. The van der Waals surface area contributed by atoms with Crippen LogP contribution in [0.15, 0.2) is 30.3 Å². The molecule has 74 valence electrons. The van der Waals surface area contributed by atoms with Crippen molar-refractivity contribution in [3.63, 3.8) is 0 Å². The second-order valence-corrected chi connectivity index (χ2v) is 3.45. The lowest BCUT2D eigenvalue weighted by Crippen LogP contribution is -2.15. The van der Waals surface area contributed by atoms with Crippen LogP contribution in [0.1, 0.15) is 23.6 Å². The maximum absolute atomic E-state index is 6.08. The van der Waals surface area contributed by atoms with Crippen LogP contribution in [0, 0.1) is 6.92 Å². The fourth-order valence-corrected chi connectivity index (χ4v) is 1.64. The van der Waals surface area contributed by atoms with Gasteiger partial charge in [-0.1, -0.05) is 0 Å². The first kappa shape index (κ1) is 9.21. The van der Waals surface area contributed by atoms with Gasteiger partial charge >= 0.3 is 0 Å². The van der Waals surface area contributed by atoms with E-state index in [9.17, 15) is 0 Å². The molecular weight excluding hydrogens is 176 g/mol. The summed E-state index contributed by atoms with van der Waals surface area (Å²) in [6.45, 7) is 2.77. The molecule has 1 aliphatic rings. The highest BCUT2D eigenvalue weighted by Crippen LogP contribution is 2.25. The molecule has 2 rings (SSSR count). The molecule has 3 nitrogen and oxygen atoms in total. The van der Waals surface area contributed by atoms with Gasteiger partial charge in [0.1, 0.15) is 5.76 Å². The molecule has 0 bridgehead atoms. The van der Waals surface area contributed by atoms with Crippen molar-refractivity contribution in [3.05, 3.63) is 41.4 Å². The summed E-state index contributed by atoms with van der Waals surface area (Å²) in [6.07, 6.45) is 6.61. The second-order valence-electron chi connectivity index (χ2n) is 3.45. The normalized spacial score (nSPS) is 17.4. The van der Waals surface area contributed by atoms with Crippen LogP contribution in [0.25, 0.3) is 0 Å². The van der Waals surface area contributed by atoms with Crippen molar-refractivity contribution >= 4 is 0 Å². The number of hydrogen-bond acceptors (Lipinski definition) is 3. The standard InChI is InChI=1S/C11H14N2O/c1-8-7-13-5-4-9(8)11(12)10-3-2-6-14-10/h3-5,7,11H,2,6,12H2,1H3. The maximum Gasteiger partial charge on any atom is 0.113 e. The summed E-state index contributed by atoms with van der Waals surface area (Å²) < 4.78 is 5.44. The second kappa shape index (κ2) is 3.80. The Labute approximate surface area is 83.6 Å². The van der Waals surface area contributed by atoms with Gasteiger partial charge in [0.15, 0.2) is 0 Å². The van der Waals surface area contributed by atoms with Crippen LogP contribution >= 0.6 is 0 Å². The van der Waals surface area contributed by atoms with E-state index in [-0.39, 0.29) is 6.04 Å². The van der Waals surface area contributed by atoms with Crippen LogP contribution in [0.5, 0.6) is 0 Å². The van der Waals surface area contributed by atoms with Gasteiger partial charge in [-0.3, -0.25) is 4.98 Å². The van der Waals surface area contributed by atoms with Crippen molar-refractivity contribution in [3.8, 4) is 0 Å². The minimum atomic E-state index is -0.138. The SMILES string of the molecule is Cc1cnccc1C(N)C1=CCCO1. The number of aryl methyl sites for hydroxylation is 1. The predicted octanol–water partition coefficient (Wildman–Crippen LogP) is 1.69. The molecule has 0 aliphatic carbocycles. The molecule has 0 amide bonds. The van der Waals surface area contributed by atoms with Crippen molar-refractivity contribution in [2.24, 2.45) is 5.73 Å². The molecule has 1 aromatic rings. The fraction of sp³-hybridized carbons (Fsp3) is 0.364. The number of pyridine rings is 1. The van der Waals surface area contributed by atoms with Gasteiger partial charge in [-0.05, 0) is 30.2 Å². The van der Waals surface area contributed by atoms with E-state index in [0.717, 1.165) is 29.9 Å². The number of hydrogen-bond donors (Lipinski definition) is 1. The molecule has 1 aromatic heterocycles. The Morgan fingerprint density at radius 1 is 1.57 bits per heavy atom. The highest BCUT2D eigenvalue weighted by Gasteiger charge is 2.17. The zero-order valence-electron chi connectivity index (χ0n) is 8.23. The lowest BCUT2D eigenvalue weighted by molar-refractivity contribution is 0.225. The van der Waals surface area contributed by atoms with E-state index in [2.05, 4.69) is 11.1 Å². The summed E-state index contributed by atoms with van der Waals surface area (Å²) in [7, 11) is 0. The number of aromatic nitrogens is 1. The third kappa shape index (κ3) is 1.63. The minimum absolute atomic E-state index is 0.138. The summed E-state index contributed by atoms with van der Waals surface area (Å²) in [4.78, 5) is 4.04. The largest absolute Gasteiger partial charge is 0.496 e. The summed E-state index contributed by atoms with van der Waals surface area (Å²) in [5, 5.41) is 0. The van der Waals surface area contributed by atoms with E-state index < -0.39 is 0 Å². The average Bonchev–Trinajstić information content (AvgIpc) is 2.70. The van der Waals surface area contributed by atoms with Crippen LogP contribution in [-0.4, -0.2) is 11.6 Å². The summed E-state index contributed by atoms with van der Waals surface area (Å²) in [6, 6.07) is 1.81. The third-order valence-corrected chi connectivity index (χ3v) is 2.44. The molecule has 1 atom stereocenters. The molecule has 1 aliphatic heterocycles. The van der Waals surface area contributed by atoms with Gasteiger partial charge in [-0.25, -0.2) is 0 Å². The van der Waals surface area contributed by atoms with E-state index in [0.29, 0.717) is 0 Å². The van der Waals surface area contributed by atoms with Crippen LogP contribution < -0.4 is 5.73 Å². The Kier molecular flexibility index (Phi) is 2.50. The zero-order chi connectivity index (χ0) is 9.97. The highest BCUT2D eigenvalue weighted by atomic mass is 16.5. The molecule has 0 fully saturated rings. The summed E-state index contributed by atoms with van der Waals surface area (Å²) in [5.41, 5.74) is 8.28. The smallest absolute Gasteiger partial charge is 0.113 e. The van der Waals surface area contributed by atoms with Crippen LogP contribution in [-0.2, 0) is 4.74 Å². The van der Waals surface area contributed by atoms with Crippen LogP contribution in [0.3, 0.4) is 0 Å². The van der Waals surface area contributed by atoms with Gasteiger partial charge < -0.3 is 10.5 Å². The number of ether oxygens (including phenoxy) is 1. The quantitative estimate of drug-likeness (QED) is 0.772. The predicted molar refractivity (Wildman–Crippen MR) is 54.6 cm³/mol. The van der Waals surface area contributed by atoms with Crippen molar-refractivity contribution in [1.29, 1.82) is 0 Å². The van der Waals surface area contributed by atoms with E-state index >= 15 is 0 Å². The molecule has 0 saturated heterocycles. The first-order chi connectivity index (χ1) is 6.79. The zero-order valence-corrected chi connectivity index (χ0v) is 8.23. The van der Waals surface area contributed by atoms with Crippen molar-refractivity contribution < 1.29 is 4.74 Å². The van der Waals surface area contributed by atoms with E-state index in [1.54, 1.807) is 6.20 Å². The summed E-state index contributed by atoms with van der Waals surface area (Å²) in [5.74, 6) is 0.888. The molecule has 3 heteroatoms. The van der Waals surface area contributed by atoms with Crippen LogP contribution in [0.4, 0.5) is 0 Å². The van der Waals surface area contributed by atoms with Gasteiger partial charge in [0.2, 0.25) is 0 Å². The molecule has 0 spiro atoms. The van der Waals surface area contributed by atoms with Crippen molar-refractivity contribution in [2.45, 2.75) is 19.4 Å². The molecule has 0 aromatic carbocycles. The third-order valence-electron chi connectivity index (χ3n) is 2.44. The topological polar surface area (TPSA) is 48.1 Å².